The molecule has 0 spiro atoms. The summed E-state index contributed by atoms with van der Waals surface area (Å²) in [6.07, 6.45) is 5.78. The highest BCUT2D eigenvalue weighted by molar-refractivity contribution is 9.10. The minimum Gasteiger partial charge on any atom is -0.484 e. The van der Waals surface area contributed by atoms with Gasteiger partial charge in [0.1, 0.15) is 5.75 Å². The van der Waals surface area contributed by atoms with Gasteiger partial charge in [0.05, 0.1) is 6.54 Å². The van der Waals surface area contributed by atoms with Crippen molar-refractivity contribution in [2.75, 3.05) is 19.7 Å². The number of rotatable bonds is 6. The maximum absolute atomic E-state index is 11.3. The molecule has 0 radical (unpaired) electrons. The average molecular weight is 311 g/mol. The van der Waals surface area contributed by atoms with Crippen molar-refractivity contribution in [3.05, 3.63) is 28.2 Å². The average Bonchev–Trinajstić information content (AvgIpc) is 2.37. The molecular formula is C13H15BrN2O2. The third kappa shape index (κ3) is 4.78. The monoisotopic (exact) mass is 310 g/mol. The molecule has 0 fully saturated rings. The number of terminal acetylenes is 1. The van der Waals surface area contributed by atoms with Crippen molar-refractivity contribution in [3.8, 4) is 18.1 Å². The van der Waals surface area contributed by atoms with E-state index in [2.05, 4.69) is 27.2 Å². The minimum atomic E-state index is -0.240. The molecule has 1 rings (SSSR count). The Morgan fingerprint density at radius 1 is 1.56 bits per heavy atom. The van der Waals surface area contributed by atoms with Crippen molar-refractivity contribution in [1.29, 1.82) is 0 Å². The number of hydrogen-bond donors (Lipinski definition) is 2. The molecule has 1 amide bonds. The number of carbonyl (C=O) groups excluding carboxylic acids is 1. The first-order valence-corrected chi connectivity index (χ1v) is 6.28. The van der Waals surface area contributed by atoms with Gasteiger partial charge >= 0.3 is 0 Å². The first-order valence-electron chi connectivity index (χ1n) is 5.49. The first kappa shape index (κ1) is 14.6. The molecular weight excluding hydrogens is 296 g/mol. The largest absolute Gasteiger partial charge is 0.484 e. The Kier molecular flexibility index (Phi) is 6.26. The molecule has 0 aromatic heterocycles. The molecule has 0 aliphatic carbocycles. The molecule has 3 N–H and O–H groups in total. The summed E-state index contributed by atoms with van der Waals surface area (Å²) in [5, 5.41) is 2.52. The molecule has 0 heterocycles. The van der Waals surface area contributed by atoms with E-state index in [1.54, 1.807) is 6.07 Å². The molecule has 1 aromatic carbocycles. The maximum atomic E-state index is 11.3. The van der Waals surface area contributed by atoms with Crippen molar-refractivity contribution in [2.24, 2.45) is 5.73 Å². The quantitative estimate of drug-likeness (QED) is 0.773. The molecule has 96 valence electrons. The van der Waals surface area contributed by atoms with Gasteiger partial charge < -0.3 is 15.8 Å². The van der Waals surface area contributed by atoms with E-state index in [9.17, 15) is 4.79 Å². The summed E-state index contributed by atoms with van der Waals surface area (Å²) in [6, 6.07) is 5.53. The van der Waals surface area contributed by atoms with E-state index in [1.807, 2.05) is 12.1 Å². The molecule has 0 unspecified atom stereocenters. The number of hydrogen-bond acceptors (Lipinski definition) is 3. The van der Waals surface area contributed by atoms with Gasteiger partial charge in [0.15, 0.2) is 6.61 Å². The number of halogens is 1. The van der Waals surface area contributed by atoms with Gasteiger partial charge in [0.2, 0.25) is 0 Å². The van der Waals surface area contributed by atoms with Crippen molar-refractivity contribution < 1.29 is 9.53 Å². The van der Waals surface area contributed by atoms with Crippen LogP contribution in [0.15, 0.2) is 22.7 Å². The highest BCUT2D eigenvalue weighted by atomic mass is 79.9. The minimum absolute atomic E-state index is 0.0502. The Morgan fingerprint density at radius 3 is 3.00 bits per heavy atom. The Morgan fingerprint density at radius 2 is 2.33 bits per heavy atom. The molecule has 4 nitrogen and oxygen atoms in total. The lowest BCUT2D eigenvalue weighted by molar-refractivity contribution is -0.122. The van der Waals surface area contributed by atoms with Crippen LogP contribution in [0.1, 0.15) is 5.56 Å². The van der Waals surface area contributed by atoms with Crippen LogP contribution < -0.4 is 15.8 Å². The topological polar surface area (TPSA) is 64.3 Å². The van der Waals surface area contributed by atoms with Crippen LogP contribution in [-0.2, 0) is 11.2 Å². The molecule has 1 aromatic rings. The van der Waals surface area contributed by atoms with Crippen LogP contribution in [0.4, 0.5) is 0 Å². The number of nitrogens with two attached hydrogens (primary N) is 1. The summed E-state index contributed by atoms with van der Waals surface area (Å²) in [5.41, 5.74) is 6.57. The zero-order valence-electron chi connectivity index (χ0n) is 9.91. The second-order valence-corrected chi connectivity index (χ2v) is 4.42. The Balaban J connectivity index is 2.55. The van der Waals surface area contributed by atoms with Gasteiger partial charge in [-0.1, -0.05) is 21.9 Å². The van der Waals surface area contributed by atoms with Gasteiger partial charge in [-0.3, -0.25) is 4.79 Å². The van der Waals surface area contributed by atoms with Crippen LogP contribution in [0.2, 0.25) is 0 Å². The van der Waals surface area contributed by atoms with Gasteiger partial charge in [-0.15, -0.1) is 6.42 Å². The normalized spacial score (nSPS) is 9.61. The molecule has 0 saturated heterocycles. The fourth-order valence-corrected chi connectivity index (χ4v) is 1.78. The number of carbonyl (C=O) groups is 1. The smallest absolute Gasteiger partial charge is 0.258 e. The number of ether oxygens (including phenoxy) is 1. The fraction of sp³-hybridized carbons (Fsp3) is 0.308. The highest BCUT2D eigenvalue weighted by Crippen LogP contribution is 2.22. The lowest BCUT2D eigenvalue weighted by atomic mass is 10.1. The summed E-state index contributed by atoms with van der Waals surface area (Å²) < 4.78 is 6.35. The van der Waals surface area contributed by atoms with Crippen molar-refractivity contribution >= 4 is 21.8 Å². The van der Waals surface area contributed by atoms with Gasteiger partial charge in [-0.25, -0.2) is 0 Å². The summed E-state index contributed by atoms with van der Waals surface area (Å²) in [4.78, 5) is 11.3. The van der Waals surface area contributed by atoms with E-state index in [4.69, 9.17) is 16.9 Å². The summed E-state index contributed by atoms with van der Waals surface area (Å²) in [6.45, 7) is 0.719. The Bertz CT molecular complexity index is 455. The molecule has 5 heteroatoms. The second kappa shape index (κ2) is 7.75. The second-order valence-electron chi connectivity index (χ2n) is 3.56. The van der Waals surface area contributed by atoms with Crippen molar-refractivity contribution in [2.45, 2.75) is 6.42 Å². The number of amides is 1. The standard InChI is InChI=1S/C13H15BrN2O2/c1-2-7-16-13(17)9-18-11-3-4-12(14)10(8-11)5-6-15/h1,3-4,8H,5-7,9,15H2,(H,16,17). The van der Waals surface area contributed by atoms with Gasteiger partial charge in [-0.05, 0) is 36.7 Å². The van der Waals surface area contributed by atoms with Crippen LogP contribution >= 0.6 is 15.9 Å². The summed E-state index contributed by atoms with van der Waals surface area (Å²) >= 11 is 3.43. The SMILES string of the molecule is C#CCNC(=O)COc1ccc(Br)c(CCN)c1. The van der Waals surface area contributed by atoms with Gasteiger partial charge in [-0.2, -0.15) is 0 Å². The molecule has 0 aliphatic heterocycles. The highest BCUT2D eigenvalue weighted by Gasteiger charge is 2.04. The molecule has 18 heavy (non-hydrogen) atoms. The van der Waals surface area contributed by atoms with E-state index in [0.717, 1.165) is 16.5 Å². The molecule has 0 atom stereocenters. The molecule has 0 bridgehead atoms. The molecule has 0 aliphatic rings. The molecule has 0 saturated carbocycles. The van der Waals surface area contributed by atoms with Crippen molar-refractivity contribution in [1.82, 2.24) is 5.32 Å². The summed E-state index contributed by atoms with van der Waals surface area (Å²) in [7, 11) is 0. The predicted molar refractivity (Wildman–Crippen MR) is 74.2 cm³/mol. The van der Waals surface area contributed by atoms with Crippen LogP contribution in [0.25, 0.3) is 0 Å². The first-order chi connectivity index (χ1) is 8.67. The lowest BCUT2D eigenvalue weighted by Gasteiger charge is -2.09. The number of benzene rings is 1. The van der Waals surface area contributed by atoms with E-state index in [1.165, 1.54) is 0 Å². The van der Waals surface area contributed by atoms with Crippen LogP contribution in [-0.4, -0.2) is 25.6 Å². The zero-order chi connectivity index (χ0) is 13.4. The fourth-order valence-electron chi connectivity index (χ4n) is 1.34. The van der Waals surface area contributed by atoms with Crippen LogP contribution in [0.5, 0.6) is 5.75 Å². The van der Waals surface area contributed by atoms with E-state index < -0.39 is 0 Å². The number of nitrogens with one attached hydrogen (secondary N) is 1. The van der Waals surface area contributed by atoms with Crippen LogP contribution in [0.3, 0.4) is 0 Å². The lowest BCUT2D eigenvalue weighted by Crippen LogP contribution is -2.29. The third-order valence-corrected chi connectivity index (χ3v) is 2.96. The maximum Gasteiger partial charge on any atom is 0.258 e. The van der Waals surface area contributed by atoms with Crippen LogP contribution in [0, 0.1) is 12.3 Å². The van der Waals surface area contributed by atoms with Gasteiger partial charge in [0, 0.05) is 4.47 Å². The Hall–Kier alpha value is -1.51. The summed E-state index contributed by atoms with van der Waals surface area (Å²) in [5.74, 6) is 2.72. The Labute approximate surface area is 115 Å². The van der Waals surface area contributed by atoms with E-state index in [-0.39, 0.29) is 19.1 Å². The zero-order valence-corrected chi connectivity index (χ0v) is 11.5. The van der Waals surface area contributed by atoms with E-state index >= 15 is 0 Å². The van der Waals surface area contributed by atoms with E-state index in [0.29, 0.717) is 12.3 Å². The predicted octanol–water partition coefficient (Wildman–Crippen LogP) is 1.08. The van der Waals surface area contributed by atoms with Gasteiger partial charge in [0.25, 0.3) is 5.91 Å². The third-order valence-electron chi connectivity index (χ3n) is 2.19. The van der Waals surface area contributed by atoms with Crippen molar-refractivity contribution in [3.63, 3.8) is 0 Å².